The summed E-state index contributed by atoms with van der Waals surface area (Å²) >= 11 is 0. The van der Waals surface area contributed by atoms with Gasteiger partial charge in [-0.15, -0.1) is 0 Å². The van der Waals surface area contributed by atoms with E-state index in [1.165, 1.54) is 6.07 Å². The molecule has 0 spiro atoms. The Bertz CT molecular complexity index is 734. The molecule has 0 saturated heterocycles. The number of halogens is 1. The molecule has 0 fully saturated rings. The quantitative estimate of drug-likeness (QED) is 0.764. The van der Waals surface area contributed by atoms with Crippen LogP contribution in [-0.2, 0) is 0 Å². The molecule has 3 nitrogen and oxygen atoms in total. The van der Waals surface area contributed by atoms with Crippen molar-refractivity contribution in [2.45, 2.75) is 13.0 Å². The molecule has 0 bridgehead atoms. The van der Waals surface area contributed by atoms with Gasteiger partial charge in [0.1, 0.15) is 12.1 Å². The van der Waals surface area contributed by atoms with Gasteiger partial charge in [-0.3, -0.25) is 4.57 Å². The minimum Gasteiger partial charge on any atom is -0.389 e. The normalized spacial score (nSPS) is 12.8. The molecule has 0 amide bonds. The lowest BCUT2D eigenvalue weighted by molar-refractivity contribution is 0.194. The number of benzene rings is 2. The molecule has 1 heterocycles. The van der Waals surface area contributed by atoms with Gasteiger partial charge in [0, 0.05) is 5.56 Å². The van der Waals surface area contributed by atoms with E-state index in [-0.39, 0.29) is 5.56 Å². The first-order valence-electron chi connectivity index (χ1n) is 6.07. The fraction of sp³-hybridized carbons (Fsp3) is 0.133. The lowest BCUT2D eigenvalue weighted by atomic mass is 10.1. The van der Waals surface area contributed by atoms with Gasteiger partial charge < -0.3 is 5.11 Å². The lowest BCUT2D eigenvalue weighted by Gasteiger charge is -2.14. The highest BCUT2D eigenvalue weighted by Crippen LogP contribution is 2.27. The summed E-state index contributed by atoms with van der Waals surface area (Å²) in [7, 11) is 0. The molecule has 0 aliphatic carbocycles. The van der Waals surface area contributed by atoms with E-state index in [9.17, 15) is 9.50 Å². The molecule has 3 aromatic rings. The highest BCUT2D eigenvalue weighted by Gasteiger charge is 2.16. The fourth-order valence-corrected chi connectivity index (χ4v) is 2.30. The zero-order valence-electron chi connectivity index (χ0n) is 10.4. The number of aliphatic hydroxyl groups is 1. The Kier molecular flexibility index (Phi) is 2.80. The summed E-state index contributed by atoms with van der Waals surface area (Å²) in [6.45, 7) is 1.56. The third-order valence-corrected chi connectivity index (χ3v) is 3.16. The second-order valence-electron chi connectivity index (χ2n) is 4.45. The first kappa shape index (κ1) is 11.9. The molecule has 0 radical (unpaired) electrons. The van der Waals surface area contributed by atoms with Crippen LogP contribution in [0.15, 0.2) is 48.8 Å². The van der Waals surface area contributed by atoms with Crippen molar-refractivity contribution in [2.75, 3.05) is 0 Å². The summed E-state index contributed by atoms with van der Waals surface area (Å²) in [4.78, 5) is 4.28. The predicted octanol–water partition coefficient (Wildman–Crippen LogP) is 3.22. The van der Waals surface area contributed by atoms with E-state index >= 15 is 0 Å². The van der Waals surface area contributed by atoms with Gasteiger partial charge in [-0.25, -0.2) is 9.37 Å². The number of aromatic nitrogens is 2. The Balaban J connectivity index is 2.30. The second kappa shape index (κ2) is 4.48. The number of imidazole rings is 1. The number of aliphatic hydroxyl groups excluding tert-OH is 1. The Labute approximate surface area is 109 Å². The van der Waals surface area contributed by atoms with E-state index in [0.29, 0.717) is 5.69 Å². The van der Waals surface area contributed by atoms with E-state index in [1.807, 2.05) is 24.3 Å². The van der Waals surface area contributed by atoms with Crippen LogP contribution < -0.4 is 0 Å². The van der Waals surface area contributed by atoms with Gasteiger partial charge in [0.05, 0.1) is 22.8 Å². The van der Waals surface area contributed by atoms with E-state index in [0.717, 1.165) is 11.0 Å². The van der Waals surface area contributed by atoms with Crippen molar-refractivity contribution < 1.29 is 9.50 Å². The highest BCUT2D eigenvalue weighted by atomic mass is 19.1. The van der Waals surface area contributed by atoms with Crippen molar-refractivity contribution in [3.05, 3.63) is 60.2 Å². The van der Waals surface area contributed by atoms with Crippen molar-refractivity contribution in [2.24, 2.45) is 0 Å². The van der Waals surface area contributed by atoms with Crippen LogP contribution >= 0.6 is 0 Å². The maximum atomic E-state index is 13.9. The number of para-hydroxylation sites is 2. The molecule has 3 rings (SSSR count). The Morgan fingerprint density at radius 3 is 2.74 bits per heavy atom. The molecule has 1 aromatic heterocycles. The number of rotatable bonds is 2. The summed E-state index contributed by atoms with van der Waals surface area (Å²) in [6, 6.07) is 12.4. The monoisotopic (exact) mass is 256 g/mol. The highest BCUT2D eigenvalue weighted by molar-refractivity contribution is 5.77. The van der Waals surface area contributed by atoms with Crippen LogP contribution in [0.25, 0.3) is 16.7 Å². The standard InChI is InChI=1S/C15H13FN2O/c1-10(19)15-11(16)5-4-8-14(15)18-9-17-12-6-2-3-7-13(12)18/h2-10,19H,1H3/t10-/m1/s1. The minimum absolute atomic E-state index is 0.283. The molecule has 1 atom stereocenters. The van der Waals surface area contributed by atoms with E-state index in [2.05, 4.69) is 4.98 Å². The zero-order valence-corrected chi connectivity index (χ0v) is 10.4. The SMILES string of the molecule is C[C@@H](O)c1c(F)cccc1-n1cnc2ccccc21. The number of hydrogen-bond donors (Lipinski definition) is 1. The average Bonchev–Trinajstić information content (AvgIpc) is 2.81. The molecule has 0 saturated carbocycles. The average molecular weight is 256 g/mol. The Morgan fingerprint density at radius 2 is 1.95 bits per heavy atom. The van der Waals surface area contributed by atoms with Crippen molar-refractivity contribution >= 4 is 11.0 Å². The number of fused-ring (bicyclic) bond motifs is 1. The third kappa shape index (κ3) is 1.90. The molecule has 96 valence electrons. The summed E-state index contributed by atoms with van der Waals surface area (Å²) in [5.41, 5.74) is 2.62. The van der Waals surface area contributed by atoms with Crippen LogP contribution in [0.3, 0.4) is 0 Å². The lowest BCUT2D eigenvalue weighted by Crippen LogP contribution is -2.04. The number of nitrogens with zero attached hydrogens (tertiary/aromatic N) is 2. The first-order chi connectivity index (χ1) is 9.18. The van der Waals surface area contributed by atoms with Crippen molar-refractivity contribution in [3.63, 3.8) is 0 Å². The van der Waals surface area contributed by atoms with Crippen LogP contribution in [0.1, 0.15) is 18.6 Å². The maximum Gasteiger partial charge on any atom is 0.131 e. The van der Waals surface area contributed by atoms with Gasteiger partial charge in [-0.1, -0.05) is 18.2 Å². The Morgan fingerprint density at radius 1 is 1.16 bits per heavy atom. The molecule has 0 aliphatic heterocycles. The minimum atomic E-state index is -0.877. The summed E-state index contributed by atoms with van der Waals surface area (Å²) in [6.07, 6.45) is 0.767. The van der Waals surface area contributed by atoms with Gasteiger partial charge in [0.2, 0.25) is 0 Å². The van der Waals surface area contributed by atoms with Crippen molar-refractivity contribution in [1.82, 2.24) is 9.55 Å². The Hall–Kier alpha value is -2.20. The number of hydrogen-bond acceptors (Lipinski definition) is 2. The summed E-state index contributed by atoms with van der Waals surface area (Å²) in [5.74, 6) is -0.412. The maximum absolute atomic E-state index is 13.9. The van der Waals surface area contributed by atoms with Gasteiger partial charge in [-0.05, 0) is 31.2 Å². The van der Waals surface area contributed by atoms with E-state index in [4.69, 9.17) is 0 Å². The van der Waals surface area contributed by atoms with Gasteiger partial charge in [0.25, 0.3) is 0 Å². The summed E-state index contributed by atoms with van der Waals surface area (Å²) < 4.78 is 15.7. The van der Waals surface area contributed by atoms with Gasteiger partial charge in [-0.2, -0.15) is 0 Å². The van der Waals surface area contributed by atoms with Gasteiger partial charge in [0.15, 0.2) is 0 Å². The molecular formula is C15H13FN2O. The molecule has 2 aromatic carbocycles. The topological polar surface area (TPSA) is 38.0 Å². The van der Waals surface area contributed by atoms with E-state index < -0.39 is 11.9 Å². The zero-order chi connectivity index (χ0) is 13.4. The first-order valence-corrected chi connectivity index (χ1v) is 6.07. The predicted molar refractivity (Wildman–Crippen MR) is 71.7 cm³/mol. The van der Waals surface area contributed by atoms with Crippen LogP contribution in [-0.4, -0.2) is 14.7 Å². The third-order valence-electron chi connectivity index (χ3n) is 3.16. The summed E-state index contributed by atoms with van der Waals surface area (Å²) in [5, 5.41) is 9.78. The molecule has 4 heteroatoms. The largest absolute Gasteiger partial charge is 0.389 e. The molecule has 0 unspecified atom stereocenters. The molecule has 19 heavy (non-hydrogen) atoms. The molecular weight excluding hydrogens is 243 g/mol. The molecule has 0 aliphatic rings. The molecule has 1 N–H and O–H groups in total. The van der Waals surface area contributed by atoms with Crippen LogP contribution in [0.2, 0.25) is 0 Å². The second-order valence-corrected chi connectivity index (χ2v) is 4.45. The van der Waals surface area contributed by atoms with Crippen LogP contribution in [0.5, 0.6) is 0 Å². The van der Waals surface area contributed by atoms with E-state index in [1.54, 1.807) is 30.0 Å². The van der Waals surface area contributed by atoms with Crippen LogP contribution in [0, 0.1) is 5.82 Å². The van der Waals surface area contributed by atoms with Crippen molar-refractivity contribution in [3.8, 4) is 5.69 Å². The van der Waals surface area contributed by atoms with Gasteiger partial charge >= 0.3 is 0 Å². The van der Waals surface area contributed by atoms with Crippen molar-refractivity contribution in [1.29, 1.82) is 0 Å². The fourth-order valence-electron chi connectivity index (χ4n) is 2.30. The van der Waals surface area contributed by atoms with Crippen LogP contribution in [0.4, 0.5) is 4.39 Å². The smallest absolute Gasteiger partial charge is 0.131 e.